The first-order valence-electron chi connectivity index (χ1n) is 11.1. The molecule has 0 aliphatic heterocycles. The standard InChI is InChI=1S/C26H28F4/c1-2-16-3-5-17(6-4-16)7-8-18-9-11-21-19(13-18)10-12-22(25(21)29)20-14-23(27)26(30)24(28)15-20/h10,12-17H,2-9,11H2,1H3. The summed E-state index contributed by atoms with van der Waals surface area (Å²) in [6.07, 6.45) is 12.4. The summed E-state index contributed by atoms with van der Waals surface area (Å²) < 4.78 is 55.5. The summed E-state index contributed by atoms with van der Waals surface area (Å²) in [5.74, 6) is -2.91. The second kappa shape index (κ2) is 8.95. The van der Waals surface area contributed by atoms with E-state index in [-0.39, 0.29) is 11.1 Å². The molecule has 0 N–H and O–H groups in total. The van der Waals surface area contributed by atoms with Gasteiger partial charge in [0, 0.05) is 5.56 Å². The molecule has 30 heavy (non-hydrogen) atoms. The lowest BCUT2D eigenvalue weighted by molar-refractivity contribution is 0.258. The fourth-order valence-electron chi connectivity index (χ4n) is 5.05. The Morgan fingerprint density at radius 3 is 2.17 bits per heavy atom. The van der Waals surface area contributed by atoms with Crippen LogP contribution in [0.5, 0.6) is 0 Å². The van der Waals surface area contributed by atoms with Crippen molar-refractivity contribution in [1.82, 2.24) is 0 Å². The van der Waals surface area contributed by atoms with Crippen LogP contribution < -0.4 is 0 Å². The highest BCUT2D eigenvalue weighted by molar-refractivity contribution is 5.70. The molecule has 160 valence electrons. The molecule has 1 saturated carbocycles. The highest BCUT2D eigenvalue weighted by Gasteiger charge is 2.22. The zero-order valence-electron chi connectivity index (χ0n) is 17.4. The minimum absolute atomic E-state index is 0.0177. The number of benzene rings is 2. The maximum Gasteiger partial charge on any atom is 0.194 e. The van der Waals surface area contributed by atoms with E-state index in [1.54, 1.807) is 6.07 Å². The number of halogens is 4. The van der Waals surface area contributed by atoms with Crippen LogP contribution in [-0.2, 0) is 6.42 Å². The number of hydrogen-bond donors (Lipinski definition) is 0. The van der Waals surface area contributed by atoms with E-state index < -0.39 is 23.3 Å². The van der Waals surface area contributed by atoms with E-state index in [9.17, 15) is 13.2 Å². The van der Waals surface area contributed by atoms with Crippen molar-refractivity contribution in [2.75, 3.05) is 0 Å². The van der Waals surface area contributed by atoms with Crippen LogP contribution in [0.2, 0.25) is 0 Å². The molecule has 4 heteroatoms. The number of hydrogen-bond acceptors (Lipinski definition) is 0. The Balaban J connectivity index is 1.48. The van der Waals surface area contributed by atoms with E-state index in [4.69, 9.17) is 0 Å². The molecule has 0 saturated heterocycles. The van der Waals surface area contributed by atoms with Gasteiger partial charge in [-0.1, -0.05) is 62.8 Å². The molecule has 0 nitrogen and oxygen atoms in total. The average molecular weight is 417 g/mol. The van der Waals surface area contributed by atoms with Crippen molar-refractivity contribution in [3.63, 3.8) is 0 Å². The Hall–Kier alpha value is -2.10. The number of rotatable bonds is 5. The summed E-state index contributed by atoms with van der Waals surface area (Å²) >= 11 is 0. The van der Waals surface area contributed by atoms with Gasteiger partial charge in [-0.25, -0.2) is 17.6 Å². The van der Waals surface area contributed by atoms with Gasteiger partial charge >= 0.3 is 0 Å². The van der Waals surface area contributed by atoms with Crippen LogP contribution in [0.4, 0.5) is 17.6 Å². The lowest BCUT2D eigenvalue weighted by Gasteiger charge is -2.28. The Bertz CT molecular complexity index is 929. The quantitative estimate of drug-likeness (QED) is 0.340. The van der Waals surface area contributed by atoms with Gasteiger partial charge in [0.1, 0.15) is 5.82 Å². The van der Waals surface area contributed by atoms with Crippen molar-refractivity contribution >= 4 is 6.08 Å². The Morgan fingerprint density at radius 1 is 0.833 bits per heavy atom. The van der Waals surface area contributed by atoms with Gasteiger partial charge in [0.25, 0.3) is 0 Å². The molecular weight excluding hydrogens is 388 g/mol. The summed E-state index contributed by atoms with van der Waals surface area (Å²) in [7, 11) is 0. The van der Waals surface area contributed by atoms with Crippen LogP contribution in [0.15, 0.2) is 29.8 Å². The number of allylic oxidation sites excluding steroid dienone is 1. The van der Waals surface area contributed by atoms with E-state index in [1.165, 1.54) is 50.2 Å². The third-order valence-electron chi connectivity index (χ3n) is 7.05. The molecule has 2 aliphatic carbocycles. The van der Waals surface area contributed by atoms with E-state index >= 15 is 4.39 Å². The van der Waals surface area contributed by atoms with Gasteiger partial charge in [-0.05, 0) is 66.3 Å². The second-order valence-electron chi connectivity index (χ2n) is 8.89. The maximum atomic E-state index is 15.1. The highest BCUT2D eigenvalue weighted by atomic mass is 19.2. The van der Waals surface area contributed by atoms with E-state index in [1.807, 2.05) is 0 Å². The van der Waals surface area contributed by atoms with Crippen LogP contribution in [0, 0.1) is 35.1 Å². The Kier molecular flexibility index (Phi) is 6.31. The SMILES string of the molecule is CCC1CCC(CCC2=Cc3ccc(-c4cc(F)c(F)c(F)c4)c(F)c3CC2)CC1. The zero-order chi connectivity index (χ0) is 21.3. The van der Waals surface area contributed by atoms with Crippen molar-refractivity contribution < 1.29 is 17.6 Å². The Labute approximate surface area is 176 Å². The van der Waals surface area contributed by atoms with Gasteiger partial charge in [0.05, 0.1) is 0 Å². The minimum atomic E-state index is -1.53. The third kappa shape index (κ3) is 4.33. The monoisotopic (exact) mass is 416 g/mol. The topological polar surface area (TPSA) is 0 Å². The molecule has 2 aliphatic rings. The van der Waals surface area contributed by atoms with Crippen LogP contribution in [0.3, 0.4) is 0 Å². The summed E-state index contributed by atoms with van der Waals surface area (Å²) in [6.45, 7) is 2.28. The molecule has 0 aromatic heterocycles. The summed E-state index contributed by atoms with van der Waals surface area (Å²) in [6, 6.07) is 5.03. The normalized spacial score (nSPS) is 21.3. The van der Waals surface area contributed by atoms with Gasteiger partial charge in [0.2, 0.25) is 0 Å². The molecule has 0 amide bonds. The van der Waals surface area contributed by atoms with Gasteiger partial charge in [-0.3, -0.25) is 0 Å². The fourth-order valence-corrected chi connectivity index (χ4v) is 5.05. The minimum Gasteiger partial charge on any atom is -0.206 e. The van der Waals surface area contributed by atoms with Gasteiger partial charge in [-0.2, -0.15) is 0 Å². The maximum absolute atomic E-state index is 15.1. The second-order valence-corrected chi connectivity index (χ2v) is 8.89. The average Bonchev–Trinajstić information content (AvgIpc) is 2.76. The third-order valence-corrected chi connectivity index (χ3v) is 7.05. The van der Waals surface area contributed by atoms with Crippen LogP contribution >= 0.6 is 0 Å². The highest BCUT2D eigenvalue weighted by Crippen LogP contribution is 2.37. The fraction of sp³-hybridized carbons (Fsp3) is 0.462. The van der Waals surface area contributed by atoms with Gasteiger partial charge < -0.3 is 0 Å². The van der Waals surface area contributed by atoms with Crippen LogP contribution in [-0.4, -0.2) is 0 Å². The predicted octanol–water partition coefficient (Wildman–Crippen LogP) is 8.24. The first kappa shape index (κ1) is 21.1. The van der Waals surface area contributed by atoms with Gasteiger partial charge in [0.15, 0.2) is 17.5 Å². The van der Waals surface area contributed by atoms with Gasteiger partial charge in [-0.15, -0.1) is 0 Å². The summed E-state index contributed by atoms with van der Waals surface area (Å²) in [5, 5.41) is 0. The molecule has 0 radical (unpaired) electrons. The van der Waals surface area contributed by atoms with E-state index in [0.717, 1.165) is 42.4 Å². The van der Waals surface area contributed by atoms with Crippen molar-refractivity contribution in [2.45, 2.75) is 64.7 Å². The van der Waals surface area contributed by atoms with Crippen molar-refractivity contribution in [1.29, 1.82) is 0 Å². The molecule has 0 heterocycles. The largest absolute Gasteiger partial charge is 0.206 e. The summed E-state index contributed by atoms with van der Waals surface area (Å²) in [4.78, 5) is 0. The molecular formula is C26H28F4. The number of fused-ring (bicyclic) bond motifs is 1. The van der Waals surface area contributed by atoms with E-state index in [0.29, 0.717) is 12.0 Å². The zero-order valence-corrected chi connectivity index (χ0v) is 17.4. The van der Waals surface area contributed by atoms with E-state index in [2.05, 4.69) is 13.0 Å². The van der Waals surface area contributed by atoms with Crippen molar-refractivity contribution in [2.24, 2.45) is 11.8 Å². The summed E-state index contributed by atoms with van der Waals surface area (Å²) in [5.41, 5.74) is 2.89. The van der Waals surface area contributed by atoms with Crippen LogP contribution in [0.25, 0.3) is 17.2 Å². The van der Waals surface area contributed by atoms with Crippen molar-refractivity contribution in [3.05, 3.63) is 64.2 Å². The van der Waals surface area contributed by atoms with Crippen molar-refractivity contribution in [3.8, 4) is 11.1 Å². The molecule has 2 aromatic rings. The molecule has 1 fully saturated rings. The predicted molar refractivity (Wildman–Crippen MR) is 113 cm³/mol. The van der Waals surface area contributed by atoms with Crippen LogP contribution in [0.1, 0.15) is 69.4 Å². The lowest BCUT2D eigenvalue weighted by atomic mass is 9.78. The lowest BCUT2D eigenvalue weighted by Crippen LogP contribution is -2.14. The molecule has 0 atom stereocenters. The molecule has 0 bridgehead atoms. The molecule has 4 rings (SSSR count). The first-order chi connectivity index (χ1) is 14.5. The molecule has 0 unspecified atom stereocenters. The molecule has 0 spiro atoms. The Morgan fingerprint density at radius 2 is 1.50 bits per heavy atom. The smallest absolute Gasteiger partial charge is 0.194 e. The molecule has 2 aromatic carbocycles. The first-order valence-corrected chi connectivity index (χ1v) is 11.1.